The number of aliphatic hydroxyl groups excluding tert-OH is 3. The number of carbonyl (C=O) groups excluding carboxylic acids is 2. The Morgan fingerprint density at radius 1 is 1.07 bits per heavy atom. The van der Waals surface area contributed by atoms with E-state index in [4.69, 9.17) is 9.47 Å². The van der Waals surface area contributed by atoms with Crippen molar-refractivity contribution in [1.29, 1.82) is 0 Å². The normalized spacial score (nSPS) is 23.9. The number of nitrogens with zero attached hydrogens (tertiary/aromatic N) is 1. The van der Waals surface area contributed by atoms with Crippen LogP contribution in [0.5, 0.6) is 11.5 Å². The number of amides is 2. The second-order valence-corrected chi connectivity index (χ2v) is 10.8. The van der Waals surface area contributed by atoms with Gasteiger partial charge >= 0.3 is 0 Å². The minimum atomic E-state index is -1.12. The van der Waals surface area contributed by atoms with Gasteiger partial charge < -0.3 is 35.0 Å². The van der Waals surface area contributed by atoms with Gasteiger partial charge in [-0.3, -0.25) is 9.59 Å². The van der Waals surface area contributed by atoms with E-state index in [1.54, 1.807) is 23.1 Å². The zero-order valence-electron chi connectivity index (χ0n) is 22.8. The van der Waals surface area contributed by atoms with Gasteiger partial charge in [-0.25, -0.2) is 0 Å². The Balaban J connectivity index is 1.58. The van der Waals surface area contributed by atoms with Gasteiger partial charge in [0.25, 0.3) is 0 Å². The number of aliphatic hydroxyl groups is 3. The Bertz CT molecular complexity index is 1240. The third-order valence-electron chi connectivity index (χ3n) is 8.27. The second kappa shape index (κ2) is 12.4. The van der Waals surface area contributed by atoms with Crippen LogP contribution in [0.3, 0.4) is 0 Å². The number of nitrogens with one attached hydrogen (secondary N) is 1. The summed E-state index contributed by atoms with van der Waals surface area (Å²) in [5, 5.41) is 33.8. The number of methoxy groups -OCH3 is 1. The van der Waals surface area contributed by atoms with Crippen molar-refractivity contribution in [2.24, 2.45) is 0 Å². The van der Waals surface area contributed by atoms with Crippen molar-refractivity contribution in [2.75, 3.05) is 20.3 Å². The van der Waals surface area contributed by atoms with Crippen molar-refractivity contribution >= 4 is 11.8 Å². The lowest BCUT2D eigenvalue weighted by Gasteiger charge is -2.45. The zero-order valence-corrected chi connectivity index (χ0v) is 22.8. The lowest BCUT2D eigenvalue weighted by atomic mass is 9.76. The summed E-state index contributed by atoms with van der Waals surface area (Å²) < 4.78 is 11.9. The van der Waals surface area contributed by atoms with E-state index in [0.717, 1.165) is 37.7 Å². The Hall–Kier alpha value is -3.40. The van der Waals surface area contributed by atoms with E-state index in [-0.39, 0.29) is 38.1 Å². The third kappa shape index (κ3) is 5.46. The van der Waals surface area contributed by atoms with Gasteiger partial charge in [0.15, 0.2) is 11.5 Å². The van der Waals surface area contributed by atoms with Gasteiger partial charge in [0, 0.05) is 23.7 Å². The molecule has 2 amide bonds. The van der Waals surface area contributed by atoms with Crippen LogP contribution in [0.25, 0.3) is 0 Å². The molecule has 2 aromatic rings. The summed E-state index contributed by atoms with van der Waals surface area (Å²) in [4.78, 5) is 29.3. The molecule has 3 aliphatic rings. The number of fused-ring (bicyclic) bond motifs is 3. The van der Waals surface area contributed by atoms with Crippen molar-refractivity contribution in [1.82, 2.24) is 10.2 Å². The van der Waals surface area contributed by atoms with E-state index >= 15 is 0 Å². The van der Waals surface area contributed by atoms with Crippen molar-refractivity contribution in [3.05, 3.63) is 70.8 Å². The number of hydrogen-bond acceptors (Lipinski definition) is 7. The summed E-state index contributed by atoms with van der Waals surface area (Å²) in [6.45, 7) is -0.391. The summed E-state index contributed by atoms with van der Waals surface area (Å²) in [5.41, 5.74) is 2.47. The average Bonchev–Trinajstić information content (AvgIpc) is 3.37. The van der Waals surface area contributed by atoms with E-state index in [9.17, 15) is 24.9 Å². The predicted octanol–water partition coefficient (Wildman–Crippen LogP) is 2.21. The zero-order chi connectivity index (χ0) is 28.2. The topological polar surface area (TPSA) is 129 Å². The molecule has 2 aromatic carbocycles. The molecule has 4 atom stereocenters. The predicted molar refractivity (Wildman–Crippen MR) is 148 cm³/mol. The molecule has 4 unspecified atom stereocenters. The van der Waals surface area contributed by atoms with Crippen molar-refractivity contribution in [2.45, 2.75) is 75.3 Å². The largest absolute Gasteiger partial charge is 0.493 e. The molecule has 4 N–H and O–H groups in total. The highest BCUT2D eigenvalue weighted by Crippen LogP contribution is 2.51. The highest BCUT2D eigenvalue weighted by Gasteiger charge is 2.52. The van der Waals surface area contributed by atoms with Crippen molar-refractivity contribution in [3.8, 4) is 11.5 Å². The van der Waals surface area contributed by atoms with Crippen molar-refractivity contribution < 1.29 is 34.4 Å². The summed E-state index contributed by atoms with van der Waals surface area (Å²) in [7, 11) is 1.50. The first-order chi connectivity index (χ1) is 19.5. The van der Waals surface area contributed by atoms with E-state index in [1.165, 1.54) is 7.11 Å². The summed E-state index contributed by atoms with van der Waals surface area (Å²) >= 11 is 0. The molecule has 1 aliphatic heterocycles. The monoisotopic (exact) mass is 550 g/mol. The lowest BCUT2D eigenvalue weighted by molar-refractivity contribution is -0.140. The fourth-order valence-corrected chi connectivity index (χ4v) is 6.42. The summed E-state index contributed by atoms with van der Waals surface area (Å²) in [5.74, 6) is -0.334. The number of rotatable bonds is 9. The Morgan fingerprint density at radius 3 is 2.50 bits per heavy atom. The van der Waals surface area contributed by atoms with Gasteiger partial charge in [-0.1, -0.05) is 49.6 Å². The van der Waals surface area contributed by atoms with Crippen molar-refractivity contribution in [3.63, 3.8) is 0 Å². The van der Waals surface area contributed by atoms with Crippen LogP contribution in [0.2, 0.25) is 0 Å². The lowest BCUT2D eigenvalue weighted by Crippen LogP contribution is -2.59. The maximum absolute atomic E-state index is 14.0. The molecule has 2 aliphatic carbocycles. The van der Waals surface area contributed by atoms with E-state index in [2.05, 4.69) is 5.32 Å². The molecular weight excluding hydrogens is 512 g/mol. The van der Waals surface area contributed by atoms with Crippen LogP contribution in [0.15, 0.2) is 54.1 Å². The fourth-order valence-electron chi connectivity index (χ4n) is 6.42. The first-order valence-electron chi connectivity index (χ1n) is 14.1. The molecule has 0 aromatic heterocycles. The molecule has 0 spiro atoms. The van der Waals surface area contributed by atoms with Gasteiger partial charge in [0.2, 0.25) is 11.8 Å². The van der Waals surface area contributed by atoms with Crippen LogP contribution < -0.4 is 14.8 Å². The van der Waals surface area contributed by atoms with Gasteiger partial charge in [0.05, 0.1) is 38.7 Å². The fraction of sp³-hybridized carbons (Fsp3) is 0.484. The second-order valence-electron chi connectivity index (χ2n) is 10.8. The molecule has 0 radical (unpaired) electrons. The van der Waals surface area contributed by atoms with Crippen LogP contribution in [0, 0.1) is 0 Å². The van der Waals surface area contributed by atoms with Crippen LogP contribution in [0.4, 0.5) is 0 Å². The first kappa shape index (κ1) is 28.1. The van der Waals surface area contributed by atoms with E-state index in [0.29, 0.717) is 28.2 Å². The SMILES string of the molecule is COc1cc(CO)cc2c1OC1C2C(C(=O)NCCO)=CC(N(C(=O)Cc2ccccc2)C2CCCCC2)C1O. The molecule has 1 fully saturated rings. The van der Waals surface area contributed by atoms with E-state index in [1.807, 2.05) is 30.3 Å². The Kier molecular flexibility index (Phi) is 8.73. The smallest absolute Gasteiger partial charge is 0.247 e. The maximum atomic E-state index is 14.0. The molecule has 9 nitrogen and oxygen atoms in total. The highest BCUT2D eigenvalue weighted by molar-refractivity contribution is 5.96. The van der Waals surface area contributed by atoms with Gasteiger partial charge in [-0.15, -0.1) is 0 Å². The van der Waals surface area contributed by atoms with Crippen LogP contribution in [-0.4, -0.2) is 76.6 Å². The summed E-state index contributed by atoms with van der Waals surface area (Å²) in [6, 6.07) is 12.1. The Labute approximate surface area is 234 Å². The minimum Gasteiger partial charge on any atom is -0.493 e. The molecule has 0 bridgehead atoms. The molecule has 214 valence electrons. The van der Waals surface area contributed by atoms with Gasteiger partial charge in [-0.2, -0.15) is 0 Å². The molecule has 40 heavy (non-hydrogen) atoms. The maximum Gasteiger partial charge on any atom is 0.247 e. The number of benzene rings is 2. The van der Waals surface area contributed by atoms with Crippen LogP contribution in [0.1, 0.15) is 54.7 Å². The molecular formula is C31H38N2O7. The molecule has 0 saturated heterocycles. The molecule has 1 heterocycles. The number of carbonyl (C=O) groups is 2. The van der Waals surface area contributed by atoms with Crippen LogP contribution in [-0.2, 0) is 22.6 Å². The van der Waals surface area contributed by atoms with Gasteiger partial charge in [0.1, 0.15) is 12.2 Å². The molecule has 9 heteroatoms. The number of hydrogen-bond donors (Lipinski definition) is 4. The first-order valence-corrected chi connectivity index (χ1v) is 14.1. The van der Waals surface area contributed by atoms with E-state index < -0.39 is 30.1 Å². The van der Waals surface area contributed by atoms with Crippen LogP contribution >= 0.6 is 0 Å². The van der Waals surface area contributed by atoms with Gasteiger partial charge in [-0.05, 0) is 42.2 Å². The highest BCUT2D eigenvalue weighted by atomic mass is 16.5. The average molecular weight is 551 g/mol. The standard InChI is InChI=1S/C31H38N2O7/c1-39-25-15-20(18-35)14-22-27-23(31(38)32-12-13-34)17-24(28(37)30(27)40-29(22)25)33(21-10-6-3-7-11-21)26(36)16-19-8-4-2-5-9-19/h2,4-5,8-9,14-15,17,21,24,27-28,30,34-35,37H,3,6-7,10-13,16,18H2,1H3,(H,32,38). The molecule has 5 rings (SSSR count). The molecule has 1 saturated carbocycles. The summed E-state index contributed by atoms with van der Waals surface area (Å²) in [6.07, 6.45) is 4.67. The Morgan fingerprint density at radius 2 is 1.82 bits per heavy atom. The number of ether oxygens (including phenoxy) is 2. The third-order valence-corrected chi connectivity index (χ3v) is 8.27. The minimum absolute atomic E-state index is 0.0633. The quantitative estimate of drug-likeness (QED) is 0.377.